The summed E-state index contributed by atoms with van der Waals surface area (Å²) in [5, 5.41) is 27.0. The zero-order chi connectivity index (χ0) is 21.0. The zero-order valence-electron chi connectivity index (χ0n) is 16.3. The second kappa shape index (κ2) is 6.55. The minimum Gasteiger partial charge on any atom is -0.456 e. The Bertz CT molecular complexity index is 1190. The number of aliphatic hydroxyl groups is 2. The van der Waals surface area contributed by atoms with Gasteiger partial charge in [0.25, 0.3) is 0 Å². The number of amides is 1. The first-order chi connectivity index (χ1) is 14.5. The quantitative estimate of drug-likeness (QED) is 0.441. The topological polar surface area (TPSA) is 138 Å². The second-order valence-electron chi connectivity index (χ2n) is 7.55. The van der Waals surface area contributed by atoms with Crippen molar-refractivity contribution in [2.45, 2.75) is 24.7 Å². The molecule has 10 heteroatoms. The number of hydrogen-bond donors (Lipinski definition) is 4. The fourth-order valence-corrected chi connectivity index (χ4v) is 4.62. The van der Waals surface area contributed by atoms with E-state index in [0.29, 0.717) is 29.2 Å². The maximum Gasteiger partial charge on any atom is 0.229 e. The predicted molar refractivity (Wildman–Crippen MR) is 105 cm³/mol. The molecule has 2 fully saturated rings. The molecule has 1 amide bonds. The SMILES string of the molecule is CNC(=O)[C@]12CC1[C@@H](n1cnc3c(NC)nc(C#Cc4ccco4)nc31)C(O)[C@@H]2O. The summed E-state index contributed by atoms with van der Waals surface area (Å²) in [7, 11) is 3.25. The molecule has 0 aliphatic heterocycles. The van der Waals surface area contributed by atoms with Crippen LogP contribution in [0.1, 0.15) is 24.0 Å². The van der Waals surface area contributed by atoms with Crippen molar-refractivity contribution in [3.05, 3.63) is 36.3 Å². The summed E-state index contributed by atoms with van der Waals surface area (Å²) in [4.78, 5) is 25.7. The summed E-state index contributed by atoms with van der Waals surface area (Å²) in [6, 6.07) is 2.94. The Hall–Kier alpha value is -3.42. The molecule has 0 saturated heterocycles. The number of fused-ring (bicyclic) bond motifs is 2. The minimum absolute atomic E-state index is 0.217. The van der Waals surface area contributed by atoms with E-state index in [0.717, 1.165) is 0 Å². The minimum atomic E-state index is -1.16. The van der Waals surface area contributed by atoms with E-state index in [1.807, 2.05) is 0 Å². The molecule has 0 aromatic carbocycles. The highest BCUT2D eigenvalue weighted by Crippen LogP contribution is 2.67. The lowest BCUT2D eigenvalue weighted by Gasteiger charge is -2.23. The molecule has 4 N–H and O–H groups in total. The van der Waals surface area contributed by atoms with Crippen molar-refractivity contribution in [2.75, 3.05) is 19.4 Å². The fraction of sp³-hybridized carbons (Fsp3) is 0.400. The molecule has 3 aromatic heterocycles. The van der Waals surface area contributed by atoms with Gasteiger partial charge < -0.3 is 29.8 Å². The predicted octanol–water partition coefficient (Wildman–Crippen LogP) is -0.110. The Balaban J connectivity index is 1.59. The fourth-order valence-electron chi connectivity index (χ4n) is 4.62. The number of rotatable bonds is 3. The van der Waals surface area contributed by atoms with Gasteiger partial charge in [0.1, 0.15) is 6.10 Å². The van der Waals surface area contributed by atoms with Gasteiger partial charge in [-0.25, -0.2) is 15.0 Å². The first-order valence-electron chi connectivity index (χ1n) is 9.57. The van der Waals surface area contributed by atoms with Gasteiger partial charge in [0.2, 0.25) is 11.7 Å². The van der Waals surface area contributed by atoms with Gasteiger partial charge >= 0.3 is 0 Å². The lowest BCUT2D eigenvalue weighted by atomic mass is 9.98. The summed E-state index contributed by atoms with van der Waals surface area (Å²) in [6.07, 6.45) is 1.30. The maximum absolute atomic E-state index is 12.4. The van der Waals surface area contributed by atoms with Crippen LogP contribution >= 0.6 is 0 Å². The molecular weight excluding hydrogens is 388 g/mol. The number of aliphatic hydroxyl groups excluding tert-OH is 2. The average molecular weight is 408 g/mol. The van der Waals surface area contributed by atoms with Gasteiger partial charge in [-0.3, -0.25) is 4.79 Å². The molecule has 3 aromatic rings. The Morgan fingerprint density at radius 3 is 2.87 bits per heavy atom. The van der Waals surface area contributed by atoms with Crippen LogP contribution in [0.25, 0.3) is 11.2 Å². The van der Waals surface area contributed by atoms with Crippen LogP contribution in [0, 0.1) is 23.2 Å². The van der Waals surface area contributed by atoms with Crippen LogP contribution in [-0.4, -0.2) is 61.9 Å². The molecule has 3 heterocycles. The van der Waals surface area contributed by atoms with Gasteiger partial charge in [0, 0.05) is 20.0 Å². The van der Waals surface area contributed by atoms with Gasteiger partial charge in [0.05, 0.1) is 30.2 Å². The molecule has 5 rings (SSSR count). The Labute approximate surface area is 171 Å². The van der Waals surface area contributed by atoms with Crippen molar-refractivity contribution < 1.29 is 19.4 Å². The molecule has 154 valence electrons. The lowest BCUT2D eigenvalue weighted by Crippen LogP contribution is -2.41. The third-order valence-electron chi connectivity index (χ3n) is 6.12. The number of anilines is 1. The average Bonchev–Trinajstić information content (AvgIpc) is 3.06. The van der Waals surface area contributed by atoms with Crippen LogP contribution in [0.5, 0.6) is 0 Å². The molecule has 0 radical (unpaired) electrons. The lowest BCUT2D eigenvalue weighted by molar-refractivity contribution is -0.132. The Morgan fingerprint density at radius 1 is 1.33 bits per heavy atom. The monoisotopic (exact) mass is 408 g/mol. The van der Waals surface area contributed by atoms with Crippen molar-refractivity contribution in [1.29, 1.82) is 0 Å². The number of hydrogen-bond acceptors (Lipinski definition) is 8. The molecule has 5 atom stereocenters. The van der Waals surface area contributed by atoms with Gasteiger partial charge in [-0.1, -0.05) is 0 Å². The number of aromatic nitrogens is 4. The summed E-state index contributed by atoms with van der Waals surface area (Å²) in [6.45, 7) is 0. The molecule has 0 bridgehead atoms. The number of nitrogens with zero attached hydrogens (tertiary/aromatic N) is 4. The number of furan rings is 1. The normalized spacial score (nSPS) is 29.2. The van der Waals surface area contributed by atoms with E-state index in [9.17, 15) is 15.0 Å². The summed E-state index contributed by atoms with van der Waals surface area (Å²) in [5.74, 6) is 6.49. The van der Waals surface area contributed by atoms with Gasteiger partial charge in [-0.05, 0) is 30.4 Å². The van der Waals surface area contributed by atoms with E-state index in [1.165, 1.54) is 13.3 Å². The highest BCUT2D eigenvalue weighted by Gasteiger charge is 2.75. The number of carbonyl (C=O) groups excluding carboxylic acids is 1. The van der Waals surface area contributed by atoms with E-state index in [1.54, 1.807) is 30.1 Å². The smallest absolute Gasteiger partial charge is 0.229 e. The van der Waals surface area contributed by atoms with E-state index in [4.69, 9.17) is 4.42 Å². The van der Waals surface area contributed by atoms with E-state index in [-0.39, 0.29) is 17.6 Å². The Kier molecular flexibility index (Phi) is 4.06. The third kappa shape index (κ3) is 2.46. The third-order valence-corrected chi connectivity index (χ3v) is 6.12. The zero-order valence-corrected chi connectivity index (χ0v) is 16.3. The molecule has 2 aliphatic carbocycles. The standard InChI is InChI=1S/C20H20N6O4/c1-21-17-13-18(25-12(24-17)6-5-10-4-3-7-30-10)26(9-23-13)14-11-8-20(11,19(29)22-2)16(28)15(14)27/h3-4,7,9,11,14-16,27-28H,8H2,1-2H3,(H,22,29)(H,21,24,25)/t11?,14-,15?,16+,20-/m1/s1. The molecular formula is C20H20N6O4. The number of nitrogens with one attached hydrogen (secondary N) is 2. The summed E-state index contributed by atoms with van der Waals surface area (Å²) >= 11 is 0. The van der Waals surface area contributed by atoms with Crippen molar-refractivity contribution in [3.63, 3.8) is 0 Å². The van der Waals surface area contributed by atoms with E-state index in [2.05, 4.69) is 37.4 Å². The first-order valence-corrected chi connectivity index (χ1v) is 9.57. The van der Waals surface area contributed by atoms with Crippen LogP contribution in [0.15, 0.2) is 29.1 Å². The van der Waals surface area contributed by atoms with Crippen molar-refractivity contribution in [2.24, 2.45) is 11.3 Å². The van der Waals surface area contributed by atoms with Crippen LogP contribution in [0.3, 0.4) is 0 Å². The highest BCUT2D eigenvalue weighted by molar-refractivity contribution is 5.88. The Morgan fingerprint density at radius 2 is 2.17 bits per heavy atom. The highest BCUT2D eigenvalue weighted by atomic mass is 16.3. The molecule has 2 aliphatic rings. The van der Waals surface area contributed by atoms with Gasteiger partial charge in [0.15, 0.2) is 22.7 Å². The summed E-state index contributed by atoms with van der Waals surface area (Å²) < 4.78 is 6.93. The molecule has 2 saturated carbocycles. The maximum atomic E-state index is 12.4. The van der Waals surface area contributed by atoms with Gasteiger partial charge in [-0.2, -0.15) is 0 Å². The van der Waals surface area contributed by atoms with Crippen molar-refractivity contribution >= 4 is 22.9 Å². The summed E-state index contributed by atoms with van der Waals surface area (Å²) in [5.41, 5.74) is 0.00530. The molecule has 30 heavy (non-hydrogen) atoms. The molecule has 0 spiro atoms. The molecule has 2 unspecified atom stereocenters. The molecule has 10 nitrogen and oxygen atoms in total. The second-order valence-corrected chi connectivity index (χ2v) is 7.55. The van der Waals surface area contributed by atoms with Crippen LogP contribution < -0.4 is 10.6 Å². The largest absolute Gasteiger partial charge is 0.456 e. The van der Waals surface area contributed by atoms with E-state index < -0.39 is 23.7 Å². The van der Waals surface area contributed by atoms with Crippen molar-refractivity contribution in [3.8, 4) is 11.8 Å². The van der Waals surface area contributed by atoms with Crippen LogP contribution in [0.2, 0.25) is 0 Å². The first kappa shape index (κ1) is 18.6. The van der Waals surface area contributed by atoms with Gasteiger partial charge in [-0.15, -0.1) is 0 Å². The number of imidazole rings is 1. The number of carbonyl (C=O) groups is 1. The van der Waals surface area contributed by atoms with Crippen LogP contribution in [-0.2, 0) is 4.79 Å². The van der Waals surface area contributed by atoms with Crippen molar-refractivity contribution in [1.82, 2.24) is 24.8 Å². The van der Waals surface area contributed by atoms with E-state index >= 15 is 0 Å². The van der Waals surface area contributed by atoms with Crippen LogP contribution in [0.4, 0.5) is 5.82 Å².